The number of ether oxygens (including phenoxy) is 1. The maximum atomic E-state index is 12.6. The van der Waals surface area contributed by atoms with E-state index in [1.807, 2.05) is 0 Å². The molecule has 1 aliphatic rings. The third-order valence-corrected chi connectivity index (χ3v) is 3.44. The second-order valence-corrected chi connectivity index (χ2v) is 4.85. The molecule has 2 aromatic carbocycles. The smallest absolute Gasteiger partial charge is 0.197 e. The van der Waals surface area contributed by atoms with E-state index in [4.69, 9.17) is 4.74 Å². The molecule has 1 aliphatic heterocycles. The molecule has 5 nitrogen and oxygen atoms in total. The highest BCUT2D eigenvalue weighted by Crippen LogP contribution is 2.37. The number of hydrogen-bond acceptors (Lipinski definition) is 5. The summed E-state index contributed by atoms with van der Waals surface area (Å²) in [5, 5.41) is 19.3. The van der Waals surface area contributed by atoms with Gasteiger partial charge in [-0.3, -0.25) is 9.59 Å². The van der Waals surface area contributed by atoms with Gasteiger partial charge in [-0.1, -0.05) is 0 Å². The summed E-state index contributed by atoms with van der Waals surface area (Å²) in [6, 6.07) is 7.13. The van der Waals surface area contributed by atoms with Crippen LogP contribution in [0.2, 0.25) is 0 Å². The lowest BCUT2D eigenvalue weighted by Gasteiger charge is -2.11. The molecule has 21 heavy (non-hydrogen) atoms. The summed E-state index contributed by atoms with van der Waals surface area (Å²) in [6.07, 6.45) is 0. The van der Waals surface area contributed by atoms with Crippen LogP contribution in [0, 0.1) is 0 Å². The zero-order chi connectivity index (χ0) is 15.1. The van der Waals surface area contributed by atoms with Crippen molar-refractivity contribution in [1.82, 2.24) is 0 Å². The highest BCUT2D eigenvalue weighted by molar-refractivity contribution is 6.14. The second kappa shape index (κ2) is 4.63. The number of aromatic hydroxyl groups is 2. The Morgan fingerprint density at radius 1 is 1.14 bits per heavy atom. The van der Waals surface area contributed by atoms with E-state index in [1.54, 1.807) is 0 Å². The van der Waals surface area contributed by atoms with E-state index in [0.29, 0.717) is 11.1 Å². The third-order valence-electron chi connectivity index (χ3n) is 3.44. The largest absolute Gasteiger partial charge is 0.508 e. The minimum absolute atomic E-state index is 0.00196. The number of phenolic OH excluding ortho intramolecular Hbond substituents is 2. The zero-order valence-electron chi connectivity index (χ0n) is 11.2. The van der Waals surface area contributed by atoms with E-state index in [-0.39, 0.29) is 46.5 Å². The van der Waals surface area contributed by atoms with Crippen molar-refractivity contribution < 1.29 is 24.5 Å². The van der Waals surface area contributed by atoms with E-state index in [0.717, 1.165) is 0 Å². The Labute approximate surface area is 120 Å². The van der Waals surface area contributed by atoms with Crippen LogP contribution in [-0.2, 0) is 6.61 Å². The Hall–Kier alpha value is -2.82. The molecule has 106 valence electrons. The molecular formula is C16H12O5. The van der Waals surface area contributed by atoms with Crippen molar-refractivity contribution in [1.29, 1.82) is 0 Å². The van der Waals surface area contributed by atoms with Gasteiger partial charge in [0.25, 0.3) is 0 Å². The summed E-state index contributed by atoms with van der Waals surface area (Å²) in [7, 11) is 0. The van der Waals surface area contributed by atoms with Crippen molar-refractivity contribution in [3.8, 4) is 17.2 Å². The summed E-state index contributed by atoms with van der Waals surface area (Å²) in [4.78, 5) is 24.3. The number of ketones is 2. The fraction of sp³-hybridized carbons (Fsp3) is 0.125. The fourth-order valence-corrected chi connectivity index (χ4v) is 2.46. The molecule has 0 aliphatic carbocycles. The molecule has 2 N–H and O–H groups in total. The Balaban J connectivity index is 2.24. The van der Waals surface area contributed by atoms with Gasteiger partial charge in [0.2, 0.25) is 0 Å². The SMILES string of the molecule is CC(=O)c1c(O)ccc2c1OCc1cc(O)ccc1C2=O. The molecule has 2 aromatic rings. The lowest BCUT2D eigenvalue weighted by molar-refractivity contribution is 0.101. The van der Waals surface area contributed by atoms with Gasteiger partial charge in [-0.25, -0.2) is 0 Å². The lowest BCUT2D eigenvalue weighted by atomic mass is 9.96. The van der Waals surface area contributed by atoms with Crippen molar-refractivity contribution in [2.24, 2.45) is 0 Å². The van der Waals surface area contributed by atoms with Crippen LogP contribution >= 0.6 is 0 Å². The lowest BCUT2D eigenvalue weighted by Crippen LogP contribution is -2.05. The van der Waals surface area contributed by atoms with Crippen LogP contribution in [0.3, 0.4) is 0 Å². The molecule has 0 spiro atoms. The van der Waals surface area contributed by atoms with Crippen LogP contribution in [-0.4, -0.2) is 21.8 Å². The monoisotopic (exact) mass is 284 g/mol. The molecule has 0 saturated heterocycles. The predicted molar refractivity (Wildman–Crippen MR) is 74.0 cm³/mol. The van der Waals surface area contributed by atoms with E-state index in [2.05, 4.69) is 0 Å². The first-order valence-corrected chi connectivity index (χ1v) is 6.35. The molecule has 0 amide bonds. The van der Waals surface area contributed by atoms with E-state index < -0.39 is 0 Å². The molecule has 0 bridgehead atoms. The van der Waals surface area contributed by atoms with E-state index in [9.17, 15) is 19.8 Å². The number of carbonyl (C=O) groups excluding carboxylic acids is 2. The first kappa shape index (κ1) is 13.2. The van der Waals surface area contributed by atoms with E-state index in [1.165, 1.54) is 37.3 Å². The van der Waals surface area contributed by atoms with Gasteiger partial charge < -0.3 is 14.9 Å². The molecule has 5 heteroatoms. The van der Waals surface area contributed by atoms with Gasteiger partial charge in [-0.2, -0.15) is 0 Å². The number of fused-ring (bicyclic) bond motifs is 2. The van der Waals surface area contributed by atoms with Crippen molar-refractivity contribution >= 4 is 11.6 Å². The number of hydrogen-bond donors (Lipinski definition) is 2. The standard InChI is InChI=1S/C16H12O5/c1-8(17)14-13(19)5-4-12-15(20)11-3-2-10(18)6-9(11)7-21-16(12)14/h2-6,18-19H,7H2,1H3. The van der Waals surface area contributed by atoms with Gasteiger partial charge >= 0.3 is 0 Å². The molecule has 0 saturated carbocycles. The van der Waals surface area contributed by atoms with Crippen LogP contribution in [0.15, 0.2) is 30.3 Å². The van der Waals surface area contributed by atoms with Gasteiger partial charge in [-0.15, -0.1) is 0 Å². The van der Waals surface area contributed by atoms with Crippen LogP contribution in [0.4, 0.5) is 0 Å². The number of Topliss-reactive ketones (excluding diaryl/α,β-unsaturated/α-hetero) is 1. The number of carbonyl (C=O) groups is 2. The average Bonchev–Trinajstić information content (AvgIpc) is 2.56. The molecule has 0 radical (unpaired) electrons. The maximum absolute atomic E-state index is 12.6. The number of phenols is 2. The van der Waals surface area contributed by atoms with Gasteiger partial charge in [0.1, 0.15) is 29.4 Å². The quantitative estimate of drug-likeness (QED) is 0.786. The summed E-state index contributed by atoms with van der Waals surface area (Å²) in [6.45, 7) is 1.33. The summed E-state index contributed by atoms with van der Waals surface area (Å²) >= 11 is 0. The average molecular weight is 284 g/mol. The Morgan fingerprint density at radius 2 is 1.86 bits per heavy atom. The third kappa shape index (κ3) is 2.03. The number of benzene rings is 2. The van der Waals surface area contributed by atoms with Crippen molar-refractivity contribution in [3.63, 3.8) is 0 Å². The molecule has 0 unspecified atom stereocenters. The molecule has 0 atom stereocenters. The van der Waals surface area contributed by atoms with Gasteiger partial charge in [0, 0.05) is 11.1 Å². The van der Waals surface area contributed by atoms with Crippen LogP contribution in [0.1, 0.15) is 38.8 Å². The minimum atomic E-state index is -0.383. The molecule has 0 aromatic heterocycles. The number of rotatable bonds is 1. The van der Waals surface area contributed by atoms with Gasteiger partial charge in [0.15, 0.2) is 11.6 Å². The van der Waals surface area contributed by atoms with Gasteiger partial charge in [-0.05, 0) is 37.3 Å². The minimum Gasteiger partial charge on any atom is -0.508 e. The summed E-state index contributed by atoms with van der Waals surface area (Å²) in [5.41, 5.74) is 1.16. The topological polar surface area (TPSA) is 83.8 Å². The predicted octanol–water partition coefficient (Wildman–Crippen LogP) is 2.42. The van der Waals surface area contributed by atoms with Crippen molar-refractivity contribution in [3.05, 3.63) is 52.6 Å². The van der Waals surface area contributed by atoms with Gasteiger partial charge in [0.05, 0.1) is 5.56 Å². The highest BCUT2D eigenvalue weighted by Gasteiger charge is 2.27. The molecule has 0 fully saturated rings. The first-order chi connectivity index (χ1) is 9.99. The van der Waals surface area contributed by atoms with Crippen LogP contribution in [0.25, 0.3) is 0 Å². The molecular weight excluding hydrogens is 272 g/mol. The second-order valence-electron chi connectivity index (χ2n) is 4.85. The molecule has 1 heterocycles. The maximum Gasteiger partial charge on any atom is 0.197 e. The zero-order valence-corrected chi connectivity index (χ0v) is 11.2. The summed E-state index contributed by atoms with van der Waals surface area (Å²) < 4.78 is 5.56. The summed E-state index contributed by atoms with van der Waals surface area (Å²) in [5.74, 6) is -0.789. The Morgan fingerprint density at radius 3 is 2.57 bits per heavy atom. The van der Waals surface area contributed by atoms with Crippen molar-refractivity contribution in [2.45, 2.75) is 13.5 Å². The highest BCUT2D eigenvalue weighted by atomic mass is 16.5. The van der Waals surface area contributed by atoms with Crippen LogP contribution in [0.5, 0.6) is 17.2 Å². The first-order valence-electron chi connectivity index (χ1n) is 6.35. The van der Waals surface area contributed by atoms with E-state index >= 15 is 0 Å². The van der Waals surface area contributed by atoms with Crippen molar-refractivity contribution in [2.75, 3.05) is 0 Å². The normalized spacial score (nSPS) is 12.9. The fourth-order valence-electron chi connectivity index (χ4n) is 2.46. The Bertz CT molecular complexity index is 776. The molecule has 3 rings (SSSR count). The Kier molecular flexibility index (Phi) is 2.90. The van der Waals surface area contributed by atoms with Crippen LogP contribution < -0.4 is 4.74 Å².